The Hall–Kier alpha value is -1.84. The zero-order chi connectivity index (χ0) is 25.7. The van der Waals surface area contributed by atoms with Crippen molar-refractivity contribution in [3.63, 3.8) is 0 Å². The molecule has 3 aromatic heterocycles. The van der Waals surface area contributed by atoms with Crippen molar-refractivity contribution in [3.05, 3.63) is 122 Å². The van der Waals surface area contributed by atoms with E-state index in [1.54, 1.807) is 55.0 Å². The molecule has 6 rings (SSSR count). The molecule has 183 valence electrons. The molecule has 0 amide bonds. The first-order chi connectivity index (χ1) is 17.3. The minimum Gasteiger partial charge on any atom is -0.256 e. The van der Waals surface area contributed by atoms with Crippen molar-refractivity contribution < 1.29 is 0 Å². The van der Waals surface area contributed by atoms with Crippen molar-refractivity contribution in [1.29, 1.82) is 0 Å². The highest BCUT2D eigenvalue weighted by Crippen LogP contribution is 2.27. The summed E-state index contributed by atoms with van der Waals surface area (Å²) in [4.78, 5) is 12.4. The van der Waals surface area contributed by atoms with Crippen LogP contribution in [0, 0.1) is 0 Å². The summed E-state index contributed by atoms with van der Waals surface area (Å²) in [6.07, 6.45) is 5.15. The number of hydrogen-bond donors (Lipinski definition) is 0. The Morgan fingerprint density at radius 3 is 0.946 bits per heavy atom. The van der Waals surface area contributed by atoms with Gasteiger partial charge in [-0.2, -0.15) is 0 Å². The summed E-state index contributed by atoms with van der Waals surface area (Å²) in [5.74, 6) is 0. The van der Waals surface area contributed by atoms with Crippen LogP contribution in [0.3, 0.4) is 0 Å². The first-order valence-electron chi connectivity index (χ1n) is 10.4. The van der Waals surface area contributed by atoms with Crippen LogP contribution in [0.4, 0.5) is 0 Å². The third-order valence-electron chi connectivity index (χ3n) is 4.91. The predicted octanol–water partition coefficient (Wildman–Crippen LogP) is 10.2. The van der Waals surface area contributed by atoms with E-state index in [-0.39, 0.29) is 17.4 Å². The van der Waals surface area contributed by atoms with Gasteiger partial charge < -0.3 is 0 Å². The smallest absolute Gasteiger partial charge is 0.0731 e. The first kappa shape index (κ1) is 29.7. The summed E-state index contributed by atoms with van der Waals surface area (Å²) in [5, 5.41) is 6.58. The molecule has 6 aromatic rings. The average molecular weight is 621 g/mol. The fourth-order valence-electron chi connectivity index (χ4n) is 3.32. The van der Waals surface area contributed by atoms with Crippen LogP contribution in [0.1, 0.15) is 0 Å². The van der Waals surface area contributed by atoms with Crippen LogP contribution in [0.25, 0.3) is 32.7 Å². The number of fused-ring (bicyclic) bond motifs is 3. The lowest BCUT2D eigenvalue weighted by Gasteiger charge is -1.98. The molecule has 0 aliphatic heterocycles. The molecule has 0 saturated carbocycles. The number of benzene rings is 3. The van der Waals surface area contributed by atoms with E-state index in [9.17, 15) is 0 Å². The highest BCUT2D eigenvalue weighted by Gasteiger charge is 2.02. The number of halogens is 6. The van der Waals surface area contributed by atoms with E-state index in [2.05, 4.69) is 15.0 Å². The van der Waals surface area contributed by atoms with E-state index in [0.29, 0.717) is 30.1 Å². The van der Waals surface area contributed by atoms with Crippen molar-refractivity contribution >= 4 is 120 Å². The number of hydrogen-bond acceptors (Lipinski definition) is 3. The Bertz CT molecular complexity index is 1480. The van der Waals surface area contributed by atoms with E-state index >= 15 is 0 Å². The second kappa shape index (κ2) is 13.8. The molecular formula is C27H15AlCl6N3. The summed E-state index contributed by atoms with van der Waals surface area (Å²) in [5.41, 5.74) is 2.49. The summed E-state index contributed by atoms with van der Waals surface area (Å²) in [7, 11) is 0. The predicted molar refractivity (Wildman–Crippen MR) is 161 cm³/mol. The molecule has 3 nitrogen and oxygen atoms in total. The molecule has 10 heteroatoms. The largest absolute Gasteiger partial charge is 0.256 e. The van der Waals surface area contributed by atoms with Crippen LogP contribution in [-0.4, -0.2) is 32.3 Å². The molecule has 0 saturated heterocycles. The van der Waals surface area contributed by atoms with E-state index in [1.165, 1.54) is 0 Å². The van der Waals surface area contributed by atoms with Gasteiger partial charge >= 0.3 is 0 Å². The summed E-state index contributed by atoms with van der Waals surface area (Å²) < 4.78 is 0. The maximum atomic E-state index is 5.94. The molecule has 0 unspecified atom stereocenters. The molecule has 3 aromatic carbocycles. The molecule has 0 atom stereocenters. The molecule has 3 heterocycles. The second-order valence-electron chi connectivity index (χ2n) is 7.37. The quantitative estimate of drug-likeness (QED) is 0.159. The molecule has 37 heavy (non-hydrogen) atoms. The number of rotatable bonds is 0. The van der Waals surface area contributed by atoms with Crippen molar-refractivity contribution in [3.8, 4) is 0 Å². The Balaban J connectivity index is 0.000000152. The normalized spacial score (nSPS) is 10.2. The Morgan fingerprint density at radius 2 is 0.676 bits per heavy atom. The Labute approximate surface area is 254 Å². The fraction of sp³-hybridized carbons (Fsp3) is 0. The number of aromatic nitrogens is 3. The van der Waals surface area contributed by atoms with Crippen LogP contribution in [0.15, 0.2) is 91.4 Å². The van der Waals surface area contributed by atoms with Crippen LogP contribution < -0.4 is 0 Å². The lowest BCUT2D eigenvalue weighted by molar-refractivity contribution is 1.41. The first-order valence-corrected chi connectivity index (χ1v) is 12.7. The summed E-state index contributed by atoms with van der Waals surface area (Å²) in [6.45, 7) is 0. The zero-order valence-electron chi connectivity index (χ0n) is 18.8. The lowest BCUT2D eigenvalue weighted by atomic mass is 10.2. The fourth-order valence-corrected chi connectivity index (χ4v) is 4.95. The van der Waals surface area contributed by atoms with Crippen LogP contribution >= 0.6 is 69.6 Å². The SMILES string of the molecule is Clc1cc(Cl)c2cccnc2c1.Clc1cc(Cl)c2cccnc2c1.Clc1cc(Cl)c2cccnc2c1.[Al]. The van der Waals surface area contributed by atoms with Crippen molar-refractivity contribution in [2.45, 2.75) is 0 Å². The van der Waals surface area contributed by atoms with Crippen molar-refractivity contribution in [2.24, 2.45) is 0 Å². The maximum Gasteiger partial charge on any atom is 0.0731 e. The average Bonchev–Trinajstić information content (AvgIpc) is 2.85. The van der Waals surface area contributed by atoms with E-state index in [4.69, 9.17) is 69.6 Å². The third-order valence-corrected chi connectivity index (χ3v) is 6.50. The standard InChI is InChI=1S/3C9H5Cl2N.Al/c3*10-6-4-8(11)7-2-1-3-12-9(7)5-6;/h3*1-5H;. The van der Waals surface area contributed by atoms with Gasteiger partial charge in [0.05, 0.1) is 31.6 Å². The third kappa shape index (κ3) is 7.83. The monoisotopic (exact) mass is 618 g/mol. The lowest BCUT2D eigenvalue weighted by Crippen LogP contribution is -1.78. The van der Waals surface area contributed by atoms with Crippen molar-refractivity contribution in [2.75, 3.05) is 0 Å². The highest BCUT2D eigenvalue weighted by molar-refractivity contribution is 6.39. The van der Waals surface area contributed by atoms with Gasteiger partial charge in [-0.15, -0.1) is 0 Å². The van der Waals surface area contributed by atoms with Crippen LogP contribution in [0.5, 0.6) is 0 Å². The Kier molecular flexibility index (Phi) is 11.1. The van der Waals surface area contributed by atoms with Gasteiger partial charge in [0.1, 0.15) is 0 Å². The number of pyridine rings is 3. The summed E-state index contributed by atoms with van der Waals surface area (Å²) in [6, 6.07) is 21.8. The van der Waals surface area contributed by atoms with Crippen LogP contribution in [0.2, 0.25) is 30.1 Å². The van der Waals surface area contributed by atoms with E-state index in [0.717, 1.165) is 32.7 Å². The molecular weight excluding hydrogens is 606 g/mol. The highest BCUT2D eigenvalue weighted by atomic mass is 35.5. The van der Waals surface area contributed by atoms with E-state index < -0.39 is 0 Å². The van der Waals surface area contributed by atoms with E-state index in [1.807, 2.05) is 36.4 Å². The van der Waals surface area contributed by atoms with Gasteiger partial charge in [-0.25, -0.2) is 0 Å². The number of nitrogens with zero attached hydrogens (tertiary/aromatic N) is 3. The van der Waals surface area contributed by atoms with Gasteiger partial charge in [-0.05, 0) is 72.8 Å². The molecule has 0 bridgehead atoms. The maximum absolute atomic E-state index is 5.94. The summed E-state index contributed by atoms with van der Waals surface area (Å²) >= 11 is 35.2. The Morgan fingerprint density at radius 1 is 0.405 bits per heavy atom. The molecule has 0 N–H and O–H groups in total. The molecule has 0 spiro atoms. The zero-order valence-corrected chi connectivity index (χ0v) is 24.5. The topological polar surface area (TPSA) is 38.7 Å². The van der Waals surface area contributed by atoms with Gasteiger partial charge in [0, 0.05) is 67.2 Å². The second-order valence-corrected chi connectivity index (χ2v) is 9.90. The van der Waals surface area contributed by atoms with Crippen molar-refractivity contribution in [1.82, 2.24) is 15.0 Å². The van der Waals surface area contributed by atoms with Gasteiger partial charge in [0.2, 0.25) is 0 Å². The van der Waals surface area contributed by atoms with Crippen LogP contribution in [-0.2, 0) is 0 Å². The minimum atomic E-state index is 0. The van der Waals surface area contributed by atoms with Gasteiger partial charge in [-0.1, -0.05) is 69.6 Å². The molecule has 3 radical (unpaired) electrons. The molecule has 0 aliphatic rings. The molecule has 0 aliphatic carbocycles. The van der Waals surface area contributed by atoms with Gasteiger partial charge in [0.15, 0.2) is 0 Å². The minimum absolute atomic E-state index is 0. The molecule has 0 fully saturated rings. The van der Waals surface area contributed by atoms with Gasteiger partial charge in [0.25, 0.3) is 0 Å². The van der Waals surface area contributed by atoms with Gasteiger partial charge in [-0.3, -0.25) is 15.0 Å².